The number of fused-ring (bicyclic) bond motifs is 7. The molecule has 63 heavy (non-hydrogen) atoms. The summed E-state index contributed by atoms with van der Waals surface area (Å²) < 4.78 is 2.32. The van der Waals surface area contributed by atoms with Crippen molar-refractivity contribution >= 4 is 44.6 Å². The fourth-order valence-corrected chi connectivity index (χ4v) is 9.89. The van der Waals surface area contributed by atoms with Gasteiger partial charge in [0, 0.05) is 55.3 Å². The predicted molar refractivity (Wildman–Crippen MR) is 257 cm³/mol. The number of hydrogen-bond acceptors (Lipinski definition) is 3. The summed E-state index contributed by atoms with van der Waals surface area (Å²) in [4.78, 5) is 9.68. The van der Waals surface area contributed by atoms with Crippen LogP contribution in [0.2, 0.25) is 0 Å². The van der Waals surface area contributed by atoms with Crippen LogP contribution in [0.25, 0.3) is 38.8 Å². The van der Waals surface area contributed by atoms with Crippen LogP contribution in [0.4, 0.5) is 22.7 Å². The Hall–Kier alpha value is -6.22. The van der Waals surface area contributed by atoms with E-state index in [-0.39, 0.29) is 31.9 Å². The Morgan fingerprint density at radius 2 is 1.22 bits per heavy atom. The Labute approximate surface area is 386 Å². The normalized spacial score (nSPS) is 14.1. The molecule has 4 nitrogen and oxygen atoms in total. The second-order valence-corrected chi connectivity index (χ2v) is 19.1. The average molecular weight is 997 g/mol. The van der Waals surface area contributed by atoms with Crippen LogP contribution in [0, 0.1) is 25.7 Å². The minimum atomic E-state index is -0.756. The van der Waals surface area contributed by atoms with Crippen LogP contribution < -0.4 is 9.80 Å². The zero-order valence-electron chi connectivity index (χ0n) is 36.8. The second-order valence-electron chi connectivity index (χ2n) is 19.1. The van der Waals surface area contributed by atoms with Crippen molar-refractivity contribution in [2.45, 2.75) is 64.7 Å². The molecular formula is C58H49N4Pt-3. The van der Waals surface area contributed by atoms with Gasteiger partial charge >= 0.3 is 0 Å². The van der Waals surface area contributed by atoms with E-state index in [1.807, 2.05) is 6.20 Å². The topological polar surface area (TPSA) is 24.3 Å². The van der Waals surface area contributed by atoms with Crippen LogP contribution in [-0.2, 0) is 37.3 Å². The summed E-state index contributed by atoms with van der Waals surface area (Å²) in [5, 5.41) is 2.33. The molecule has 11 rings (SSSR count). The first kappa shape index (κ1) is 40.8. The molecule has 0 fully saturated rings. The summed E-state index contributed by atoms with van der Waals surface area (Å²) in [6.45, 7) is 18.1. The monoisotopic (exact) mass is 996 g/mol. The molecule has 1 aliphatic carbocycles. The Morgan fingerprint density at radius 3 is 1.94 bits per heavy atom. The molecule has 0 unspecified atom stereocenters. The van der Waals surface area contributed by atoms with Gasteiger partial charge in [0.25, 0.3) is 0 Å². The zero-order chi connectivity index (χ0) is 42.5. The van der Waals surface area contributed by atoms with Crippen molar-refractivity contribution in [1.82, 2.24) is 9.55 Å². The maximum absolute atomic E-state index is 5.04. The molecule has 0 N–H and O–H groups in total. The van der Waals surface area contributed by atoms with Gasteiger partial charge in [-0.2, -0.15) is 35.9 Å². The van der Waals surface area contributed by atoms with Gasteiger partial charge in [0.1, 0.15) is 5.82 Å². The molecule has 2 aliphatic rings. The van der Waals surface area contributed by atoms with E-state index in [9.17, 15) is 0 Å². The molecule has 7 aromatic carbocycles. The number of hydrogen-bond donors (Lipinski definition) is 0. The Bertz CT molecular complexity index is 3170. The molecule has 0 saturated carbocycles. The number of aromatic nitrogens is 2. The summed E-state index contributed by atoms with van der Waals surface area (Å²) in [6, 6.07) is 66.1. The van der Waals surface area contributed by atoms with E-state index in [1.54, 1.807) is 0 Å². The first-order valence-corrected chi connectivity index (χ1v) is 21.7. The van der Waals surface area contributed by atoms with Gasteiger partial charge in [-0.15, -0.1) is 34.9 Å². The predicted octanol–water partition coefficient (Wildman–Crippen LogP) is 14.5. The molecule has 0 amide bonds. The van der Waals surface area contributed by atoms with Gasteiger partial charge in [0.05, 0.1) is 0 Å². The maximum atomic E-state index is 5.04. The average Bonchev–Trinajstić information content (AvgIpc) is 3.92. The van der Waals surface area contributed by atoms with Gasteiger partial charge in [-0.3, -0.25) is 0 Å². The number of para-hydroxylation sites is 2. The summed E-state index contributed by atoms with van der Waals surface area (Å²) in [5.74, 6) is 0.892. The van der Waals surface area contributed by atoms with Crippen molar-refractivity contribution in [1.29, 1.82) is 0 Å². The van der Waals surface area contributed by atoms with Crippen LogP contribution >= 0.6 is 0 Å². The van der Waals surface area contributed by atoms with Gasteiger partial charge in [-0.25, -0.2) is 4.98 Å². The molecule has 3 heterocycles. The van der Waals surface area contributed by atoms with E-state index in [0.29, 0.717) is 0 Å². The van der Waals surface area contributed by atoms with Gasteiger partial charge < -0.3 is 14.4 Å². The minimum Gasteiger partial charge on any atom is -0.493 e. The smallest absolute Gasteiger partial charge is 0.135 e. The molecule has 9 aromatic rings. The van der Waals surface area contributed by atoms with Crippen molar-refractivity contribution in [3.05, 3.63) is 222 Å². The Kier molecular flexibility index (Phi) is 9.69. The third-order valence-corrected chi connectivity index (χ3v) is 13.1. The molecule has 0 atom stereocenters. The van der Waals surface area contributed by atoms with Crippen LogP contribution in [-0.4, -0.2) is 9.55 Å². The largest absolute Gasteiger partial charge is 0.493 e. The van der Waals surface area contributed by atoms with Crippen molar-refractivity contribution < 1.29 is 21.1 Å². The molecule has 0 bridgehead atoms. The van der Waals surface area contributed by atoms with Gasteiger partial charge in [-0.1, -0.05) is 138 Å². The Morgan fingerprint density at radius 1 is 0.556 bits per heavy atom. The van der Waals surface area contributed by atoms with E-state index in [4.69, 9.17) is 4.98 Å². The molecule has 1 aliphatic heterocycles. The first-order chi connectivity index (χ1) is 29.9. The van der Waals surface area contributed by atoms with Gasteiger partial charge in [-0.05, 0) is 99.0 Å². The molecular weight excluding hydrogens is 948 g/mol. The molecule has 5 heteroatoms. The Balaban J connectivity index is 0.00000471. The van der Waals surface area contributed by atoms with Crippen LogP contribution in [0.15, 0.2) is 164 Å². The third-order valence-electron chi connectivity index (χ3n) is 13.1. The standard InChI is InChI=1S/C58H49N4.Pt/c1-38-25-28-52-54(31-38)60(43-17-9-8-10-18-43)37-61(52)44-33-41(57(5,6)7)32-42(34-44)58(49-22-14-11-19-45(49)46-20-12-15-23-50(46)58)40-26-27-48-47-21-13-16-24-51(47)62(53(48)35-40)55-36-39(29-30-59-55)56(2,3)4;/h8-33,36-37H,1-7H3;/q-3;. The molecule has 0 saturated heterocycles. The molecule has 0 spiro atoms. The minimum absolute atomic E-state index is 0. The number of aryl methyl sites for hydroxylation is 1. The summed E-state index contributed by atoms with van der Waals surface area (Å²) in [6.07, 6.45) is 1.95. The summed E-state index contributed by atoms with van der Waals surface area (Å²) in [7, 11) is 0. The quantitative estimate of drug-likeness (QED) is 0.161. The number of rotatable bonds is 5. The van der Waals surface area contributed by atoms with E-state index >= 15 is 0 Å². The van der Waals surface area contributed by atoms with E-state index < -0.39 is 5.41 Å². The summed E-state index contributed by atoms with van der Waals surface area (Å²) >= 11 is 0. The van der Waals surface area contributed by atoms with Crippen LogP contribution in [0.1, 0.15) is 80.5 Å². The van der Waals surface area contributed by atoms with Crippen molar-refractivity contribution in [2.24, 2.45) is 0 Å². The summed E-state index contributed by atoms with van der Waals surface area (Å²) in [5.41, 5.74) is 16.3. The fourth-order valence-electron chi connectivity index (χ4n) is 9.89. The molecule has 2 aromatic heterocycles. The number of anilines is 4. The van der Waals surface area contributed by atoms with Crippen molar-refractivity contribution in [3.63, 3.8) is 0 Å². The fraction of sp³-hybridized carbons (Fsp3) is 0.172. The van der Waals surface area contributed by atoms with E-state index in [0.717, 1.165) is 56.1 Å². The van der Waals surface area contributed by atoms with E-state index in [2.05, 4.69) is 239 Å². The van der Waals surface area contributed by atoms with Crippen LogP contribution in [0.5, 0.6) is 0 Å². The molecule has 0 radical (unpaired) electrons. The molecule has 314 valence electrons. The van der Waals surface area contributed by atoms with Gasteiger partial charge in [0.15, 0.2) is 0 Å². The third kappa shape index (κ3) is 6.40. The number of benzene rings is 7. The van der Waals surface area contributed by atoms with Crippen LogP contribution in [0.3, 0.4) is 0 Å². The SMILES string of the molecule is Cc1ccc2c(c1)N(c1ccccc1)[CH-]N2c1[c-]c(C2(c3[c-]c4c(cc3)c3ccccc3n4-c3cc(C(C)(C)C)ccn3)c3ccccc3-c3ccccc32)cc(C(C)(C)C)c1.[Pt]. The van der Waals surface area contributed by atoms with Crippen molar-refractivity contribution in [3.8, 4) is 16.9 Å². The van der Waals surface area contributed by atoms with E-state index in [1.165, 1.54) is 44.3 Å². The number of pyridine rings is 1. The first-order valence-electron chi connectivity index (χ1n) is 21.7. The number of nitrogens with zero attached hydrogens (tertiary/aromatic N) is 4. The van der Waals surface area contributed by atoms with Gasteiger partial charge in [0.2, 0.25) is 0 Å². The van der Waals surface area contributed by atoms with Crippen molar-refractivity contribution in [2.75, 3.05) is 9.80 Å². The second kappa shape index (κ2) is 15.0. The maximum Gasteiger partial charge on any atom is 0.135 e. The zero-order valence-corrected chi connectivity index (χ0v) is 39.0.